The topological polar surface area (TPSA) is 78.9 Å². The first kappa shape index (κ1) is 24.9. The first-order valence-electron chi connectivity index (χ1n) is 13.8. The molecule has 4 aliphatic rings. The van der Waals surface area contributed by atoms with Gasteiger partial charge in [-0.1, -0.05) is 72.8 Å². The average Bonchev–Trinajstić information content (AvgIpc) is 3.30. The lowest BCUT2D eigenvalue weighted by molar-refractivity contribution is -0.158. The molecule has 7 heteroatoms. The monoisotopic (exact) mass is 544 g/mol. The lowest BCUT2D eigenvalue weighted by Crippen LogP contribution is -2.38. The van der Waals surface area contributed by atoms with Crippen molar-refractivity contribution in [1.82, 2.24) is 0 Å². The predicted molar refractivity (Wildman–Crippen MR) is 146 cm³/mol. The molecule has 1 aliphatic heterocycles. The maximum Gasteiger partial charge on any atom is 0.344 e. The van der Waals surface area contributed by atoms with Crippen LogP contribution in [0.1, 0.15) is 58.4 Å². The minimum absolute atomic E-state index is 0.0441. The molecule has 4 fully saturated rings. The third kappa shape index (κ3) is 4.18. The van der Waals surface area contributed by atoms with E-state index >= 15 is 0 Å². The number of esters is 1. The van der Waals surface area contributed by atoms with Crippen LogP contribution in [0.3, 0.4) is 0 Å². The smallest absolute Gasteiger partial charge is 0.344 e. The summed E-state index contributed by atoms with van der Waals surface area (Å²) in [4.78, 5) is 12.7. The summed E-state index contributed by atoms with van der Waals surface area (Å²) in [6.07, 6.45) is 0.197. The van der Waals surface area contributed by atoms with Crippen LogP contribution in [0.15, 0.2) is 72.8 Å². The number of aryl methyl sites for hydroxylation is 2. The molecule has 0 amide bonds. The van der Waals surface area contributed by atoms with E-state index in [0.29, 0.717) is 29.9 Å². The van der Waals surface area contributed by atoms with Crippen LogP contribution >= 0.6 is 0 Å². The van der Waals surface area contributed by atoms with Crippen LogP contribution in [0.5, 0.6) is 5.75 Å². The maximum atomic E-state index is 12.7. The highest BCUT2D eigenvalue weighted by Crippen LogP contribution is 2.66. The highest BCUT2D eigenvalue weighted by atomic mass is 32.2. The van der Waals surface area contributed by atoms with E-state index in [4.69, 9.17) is 13.7 Å². The number of fused-ring (bicyclic) bond motifs is 1. The summed E-state index contributed by atoms with van der Waals surface area (Å²) in [6.45, 7) is 3.81. The molecule has 0 spiro atoms. The van der Waals surface area contributed by atoms with Gasteiger partial charge in [0, 0.05) is 11.8 Å². The Balaban J connectivity index is 1.06. The number of benzene rings is 3. The molecule has 3 aromatic carbocycles. The molecule has 0 N–H and O–H groups in total. The standard InChI is InChI=1S/C32H32O6S/c1-18-13-22(29-27(20-9-5-3-6-10-20)28(29)21-11-7-4-8-12-21)14-19(2)30(18)36-17-26(33)37-31-23-15-24-25(16-23)39(34,35)38-32(24)31/h3-14,23-25,27-29,31-32H,15-17H2,1-2H3. The van der Waals surface area contributed by atoms with Gasteiger partial charge in [0.2, 0.25) is 0 Å². The van der Waals surface area contributed by atoms with Gasteiger partial charge in [-0.25, -0.2) is 4.79 Å². The Bertz CT molecular complexity index is 1450. The molecule has 3 aliphatic carbocycles. The number of carbonyl (C=O) groups is 1. The van der Waals surface area contributed by atoms with E-state index in [1.165, 1.54) is 16.7 Å². The van der Waals surface area contributed by atoms with Crippen LogP contribution in [0.4, 0.5) is 0 Å². The molecule has 6 nitrogen and oxygen atoms in total. The zero-order valence-corrected chi connectivity index (χ0v) is 22.8. The summed E-state index contributed by atoms with van der Waals surface area (Å²) in [5, 5.41) is -0.433. The first-order valence-corrected chi connectivity index (χ1v) is 15.2. The van der Waals surface area contributed by atoms with Crippen LogP contribution < -0.4 is 4.74 Å². The van der Waals surface area contributed by atoms with Gasteiger partial charge in [-0.15, -0.1) is 0 Å². The Morgan fingerprint density at radius 2 is 1.41 bits per heavy atom. The van der Waals surface area contributed by atoms with Gasteiger partial charge in [0.05, 0.1) is 5.25 Å². The molecule has 1 saturated heterocycles. The zero-order chi connectivity index (χ0) is 26.9. The van der Waals surface area contributed by atoms with E-state index in [2.05, 4.69) is 72.8 Å². The second-order valence-corrected chi connectivity index (χ2v) is 13.4. The molecule has 39 heavy (non-hydrogen) atoms. The fourth-order valence-electron chi connectivity index (χ4n) is 7.67. The minimum Gasteiger partial charge on any atom is -0.481 e. The van der Waals surface area contributed by atoms with Crippen LogP contribution in [-0.4, -0.2) is 38.5 Å². The molecular formula is C32H32O6S. The van der Waals surface area contributed by atoms with E-state index < -0.39 is 33.5 Å². The largest absolute Gasteiger partial charge is 0.481 e. The summed E-state index contributed by atoms with van der Waals surface area (Å²) in [7, 11) is -3.54. The van der Waals surface area contributed by atoms with Gasteiger partial charge in [-0.2, -0.15) is 8.42 Å². The number of hydrogen-bond acceptors (Lipinski definition) is 6. The van der Waals surface area contributed by atoms with Crippen molar-refractivity contribution in [1.29, 1.82) is 0 Å². The molecule has 3 aromatic rings. The van der Waals surface area contributed by atoms with Gasteiger partial charge in [0.1, 0.15) is 18.0 Å². The number of rotatable bonds is 7. The Morgan fingerprint density at radius 3 is 2.00 bits per heavy atom. The molecule has 7 unspecified atom stereocenters. The highest BCUT2D eigenvalue weighted by Gasteiger charge is 2.65. The van der Waals surface area contributed by atoms with Crippen molar-refractivity contribution in [2.75, 3.05) is 6.61 Å². The Kier molecular flexibility index (Phi) is 5.86. The average molecular weight is 545 g/mol. The van der Waals surface area contributed by atoms with Crippen molar-refractivity contribution in [2.24, 2.45) is 11.8 Å². The van der Waals surface area contributed by atoms with Gasteiger partial charge in [-0.3, -0.25) is 4.18 Å². The van der Waals surface area contributed by atoms with Gasteiger partial charge >= 0.3 is 5.97 Å². The summed E-state index contributed by atoms with van der Waals surface area (Å²) >= 11 is 0. The fourth-order valence-corrected chi connectivity index (χ4v) is 9.55. The summed E-state index contributed by atoms with van der Waals surface area (Å²) in [5.41, 5.74) is 5.94. The van der Waals surface area contributed by atoms with E-state index in [1.807, 2.05) is 13.8 Å². The molecule has 3 saturated carbocycles. The summed E-state index contributed by atoms with van der Waals surface area (Å²) in [6, 6.07) is 25.8. The SMILES string of the molecule is Cc1cc(C2C(c3ccccc3)C2c2ccccc2)cc(C)c1OCC(=O)OC1C2CC3C1OS(=O)(=O)C3C2. The number of ether oxygens (including phenoxy) is 2. The molecule has 1 heterocycles. The van der Waals surface area contributed by atoms with Crippen LogP contribution in [0.25, 0.3) is 0 Å². The third-order valence-electron chi connectivity index (χ3n) is 9.27. The molecule has 0 aromatic heterocycles. The van der Waals surface area contributed by atoms with Gasteiger partial charge in [-0.05, 0) is 72.3 Å². The molecule has 7 atom stereocenters. The highest BCUT2D eigenvalue weighted by molar-refractivity contribution is 7.87. The van der Waals surface area contributed by atoms with Crippen molar-refractivity contribution in [3.8, 4) is 5.75 Å². The Hall–Kier alpha value is -3.16. The van der Waals surface area contributed by atoms with Gasteiger partial charge in [0.15, 0.2) is 6.61 Å². The number of carbonyl (C=O) groups excluding carboxylic acids is 1. The fraction of sp³-hybridized carbons (Fsp3) is 0.406. The van der Waals surface area contributed by atoms with Crippen molar-refractivity contribution in [3.63, 3.8) is 0 Å². The minimum atomic E-state index is -3.54. The van der Waals surface area contributed by atoms with Crippen molar-refractivity contribution < 1.29 is 26.9 Å². The second-order valence-electron chi connectivity index (χ2n) is 11.6. The van der Waals surface area contributed by atoms with E-state index in [1.54, 1.807) is 0 Å². The molecular weight excluding hydrogens is 512 g/mol. The lowest BCUT2D eigenvalue weighted by Gasteiger charge is -2.25. The van der Waals surface area contributed by atoms with E-state index in [-0.39, 0.29) is 18.4 Å². The summed E-state index contributed by atoms with van der Waals surface area (Å²) in [5.74, 6) is 1.39. The van der Waals surface area contributed by atoms with Crippen molar-refractivity contribution >= 4 is 16.1 Å². The normalized spacial score (nSPS) is 33.2. The quantitative estimate of drug-likeness (QED) is 0.293. The van der Waals surface area contributed by atoms with Crippen molar-refractivity contribution in [3.05, 3.63) is 101 Å². The van der Waals surface area contributed by atoms with E-state index in [9.17, 15) is 13.2 Å². The van der Waals surface area contributed by atoms with Gasteiger partial charge in [0.25, 0.3) is 10.1 Å². The molecule has 0 radical (unpaired) electrons. The Morgan fingerprint density at radius 1 is 0.846 bits per heavy atom. The van der Waals surface area contributed by atoms with E-state index in [0.717, 1.165) is 17.5 Å². The first-order chi connectivity index (χ1) is 18.8. The molecule has 202 valence electrons. The Labute approximate surface area is 229 Å². The van der Waals surface area contributed by atoms with Crippen LogP contribution in [-0.2, 0) is 23.8 Å². The summed E-state index contributed by atoms with van der Waals surface area (Å²) < 4.78 is 41.4. The maximum absolute atomic E-state index is 12.7. The second kappa shape index (κ2) is 9.20. The lowest BCUT2D eigenvalue weighted by atomic mass is 9.94. The van der Waals surface area contributed by atoms with Gasteiger partial charge < -0.3 is 9.47 Å². The molecule has 2 bridgehead atoms. The van der Waals surface area contributed by atoms with Crippen molar-refractivity contribution in [2.45, 2.75) is 61.9 Å². The van der Waals surface area contributed by atoms with Crippen LogP contribution in [0, 0.1) is 25.7 Å². The molecule has 7 rings (SSSR count). The van der Waals surface area contributed by atoms with Crippen LogP contribution in [0.2, 0.25) is 0 Å². The number of hydrogen-bond donors (Lipinski definition) is 0. The third-order valence-corrected chi connectivity index (χ3v) is 11.0. The zero-order valence-electron chi connectivity index (χ0n) is 22.0. The predicted octanol–water partition coefficient (Wildman–Crippen LogP) is 5.40.